The Morgan fingerprint density at radius 2 is 1.85 bits per heavy atom. The second kappa shape index (κ2) is 8.42. The molecule has 1 N–H and O–H groups in total. The summed E-state index contributed by atoms with van der Waals surface area (Å²) in [6, 6.07) is 19.2. The largest absolute Gasteiger partial charge is 0.454 e. The zero-order valence-corrected chi connectivity index (χ0v) is 19.6. The van der Waals surface area contributed by atoms with E-state index in [-0.39, 0.29) is 18.7 Å². The number of halogens is 2. The summed E-state index contributed by atoms with van der Waals surface area (Å²) in [4.78, 5) is 19.0. The van der Waals surface area contributed by atoms with Gasteiger partial charge in [-0.05, 0) is 59.5 Å². The number of ether oxygens (including phenoxy) is 2. The highest BCUT2D eigenvalue weighted by Crippen LogP contribution is 2.42. The minimum Gasteiger partial charge on any atom is -0.454 e. The molecule has 0 radical (unpaired) electrons. The lowest BCUT2D eigenvalue weighted by Crippen LogP contribution is -2.39. The highest BCUT2D eigenvalue weighted by molar-refractivity contribution is 6.42. The van der Waals surface area contributed by atoms with Crippen molar-refractivity contribution in [2.24, 2.45) is 0 Å². The number of H-pyrrole nitrogens is 1. The third kappa shape index (κ3) is 3.61. The van der Waals surface area contributed by atoms with Gasteiger partial charge >= 0.3 is 0 Å². The number of rotatable bonds is 3. The van der Waals surface area contributed by atoms with Crippen LogP contribution in [0.2, 0.25) is 10.0 Å². The van der Waals surface area contributed by atoms with Crippen molar-refractivity contribution in [3.05, 3.63) is 99.2 Å². The van der Waals surface area contributed by atoms with Crippen molar-refractivity contribution in [1.82, 2.24) is 9.88 Å². The van der Waals surface area contributed by atoms with Gasteiger partial charge in [0.2, 0.25) is 12.7 Å². The molecule has 0 fully saturated rings. The summed E-state index contributed by atoms with van der Waals surface area (Å²) in [5.41, 5.74) is 5.12. The highest BCUT2D eigenvalue weighted by atomic mass is 35.5. The smallest absolute Gasteiger partial charge is 0.247 e. The van der Waals surface area contributed by atoms with E-state index in [2.05, 4.69) is 17.1 Å². The van der Waals surface area contributed by atoms with Crippen LogP contribution in [0.15, 0.2) is 66.7 Å². The lowest BCUT2D eigenvalue weighted by atomic mass is 9.92. The number of carbonyl (C=O) groups is 1. The van der Waals surface area contributed by atoms with E-state index < -0.39 is 0 Å². The Kier molecular flexibility index (Phi) is 5.24. The lowest BCUT2D eigenvalue weighted by Gasteiger charge is -2.35. The Balaban J connectivity index is 1.41. The van der Waals surface area contributed by atoms with Gasteiger partial charge in [0.25, 0.3) is 0 Å². The molecule has 0 bridgehead atoms. The van der Waals surface area contributed by atoms with Crippen LogP contribution in [-0.2, 0) is 11.2 Å². The maximum Gasteiger partial charge on any atom is 0.247 e. The van der Waals surface area contributed by atoms with Gasteiger partial charge in [-0.1, -0.05) is 53.5 Å². The maximum absolute atomic E-state index is 13.5. The van der Waals surface area contributed by atoms with Crippen LogP contribution < -0.4 is 9.47 Å². The van der Waals surface area contributed by atoms with Crippen molar-refractivity contribution in [2.75, 3.05) is 13.3 Å². The van der Waals surface area contributed by atoms with E-state index in [1.165, 1.54) is 10.9 Å². The fourth-order valence-electron chi connectivity index (χ4n) is 4.79. The van der Waals surface area contributed by atoms with Crippen LogP contribution in [0.4, 0.5) is 0 Å². The van der Waals surface area contributed by atoms with Crippen LogP contribution >= 0.6 is 23.2 Å². The van der Waals surface area contributed by atoms with Crippen LogP contribution in [0.5, 0.6) is 11.5 Å². The molecule has 170 valence electrons. The van der Waals surface area contributed by atoms with Crippen LogP contribution in [-0.4, -0.2) is 29.1 Å². The molecule has 0 aliphatic carbocycles. The van der Waals surface area contributed by atoms with E-state index >= 15 is 0 Å². The first-order valence-electron chi connectivity index (χ1n) is 11.0. The number of nitrogens with one attached hydrogen (secondary N) is 1. The fraction of sp³-hybridized carbons (Fsp3) is 0.148. The van der Waals surface area contributed by atoms with Gasteiger partial charge < -0.3 is 19.4 Å². The van der Waals surface area contributed by atoms with E-state index in [1.54, 1.807) is 24.3 Å². The van der Waals surface area contributed by atoms with E-state index in [0.29, 0.717) is 28.1 Å². The van der Waals surface area contributed by atoms with Crippen LogP contribution in [0.3, 0.4) is 0 Å². The molecular weight excluding hydrogens is 471 g/mol. The predicted molar refractivity (Wildman–Crippen MR) is 134 cm³/mol. The van der Waals surface area contributed by atoms with Gasteiger partial charge in [0.15, 0.2) is 11.5 Å². The monoisotopic (exact) mass is 490 g/mol. The summed E-state index contributed by atoms with van der Waals surface area (Å²) in [6.07, 6.45) is 4.13. The summed E-state index contributed by atoms with van der Waals surface area (Å²) >= 11 is 12.2. The number of para-hydroxylation sites is 1. The highest BCUT2D eigenvalue weighted by Gasteiger charge is 2.34. The van der Waals surface area contributed by atoms with Crippen molar-refractivity contribution < 1.29 is 14.3 Å². The molecule has 6 rings (SSSR count). The number of aromatic amines is 1. The summed E-state index contributed by atoms with van der Waals surface area (Å²) in [5, 5.41) is 2.13. The van der Waals surface area contributed by atoms with Gasteiger partial charge in [-0.3, -0.25) is 4.79 Å². The lowest BCUT2D eigenvalue weighted by molar-refractivity contribution is -0.128. The van der Waals surface area contributed by atoms with Gasteiger partial charge in [-0.25, -0.2) is 0 Å². The minimum absolute atomic E-state index is 0.0851. The molecule has 0 spiro atoms. The summed E-state index contributed by atoms with van der Waals surface area (Å²) in [5.74, 6) is 1.33. The molecule has 3 heterocycles. The molecule has 1 atom stereocenters. The molecular formula is C27H20Cl2N2O3. The molecule has 3 aromatic carbocycles. The Morgan fingerprint density at radius 1 is 1.00 bits per heavy atom. The SMILES string of the molecule is O=C(/C=C/c1ccc(Cl)c(Cl)c1)N1CCc2c([nH]c3ccccc23)C1c1ccc2c(c1)OCO2. The Hall–Kier alpha value is -3.41. The third-order valence-corrected chi connectivity index (χ3v) is 7.13. The Bertz CT molecular complexity index is 1460. The normalized spacial score (nSPS) is 16.9. The fourth-order valence-corrected chi connectivity index (χ4v) is 5.09. The van der Waals surface area contributed by atoms with E-state index in [1.807, 2.05) is 41.3 Å². The van der Waals surface area contributed by atoms with Crippen molar-refractivity contribution >= 4 is 46.1 Å². The molecule has 2 aliphatic heterocycles. The predicted octanol–water partition coefficient (Wildman–Crippen LogP) is 6.39. The van der Waals surface area contributed by atoms with Crippen molar-refractivity contribution in [1.29, 1.82) is 0 Å². The van der Waals surface area contributed by atoms with Gasteiger partial charge in [-0.15, -0.1) is 0 Å². The average Bonchev–Trinajstić information content (AvgIpc) is 3.47. The summed E-state index contributed by atoms with van der Waals surface area (Å²) in [6.45, 7) is 0.800. The van der Waals surface area contributed by atoms with Gasteiger partial charge in [0.05, 0.1) is 16.1 Å². The van der Waals surface area contributed by atoms with Crippen LogP contribution in [0, 0.1) is 0 Å². The second-order valence-electron chi connectivity index (χ2n) is 8.37. The first kappa shape index (κ1) is 21.1. The number of carbonyl (C=O) groups excluding carboxylic acids is 1. The summed E-state index contributed by atoms with van der Waals surface area (Å²) < 4.78 is 11.1. The van der Waals surface area contributed by atoms with Crippen molar-refractivity contribution in [3.63, 3.8) is 0 Å². The van der Waals surface area contributed by atoms with Crippen LogP contribution in [0.1, 0.15) is 28.4 Å². The zero-order chi connectivity index (χ0) is 23.2. The van der Waals surface area contributed by atoms with E-state index in [4.69, 9.17) is 32.7 Å². The van der Waals surface area contributed by atoms with Crippen molar-refractivity contribution in [2.45, 2.75) is 12.5 Å². The molecule has 4 aromatic rings. The average molecular weight is 491 g/mol. The third-order valence-electron chi connectivity index (χ3n) is 6.39. The molecule has 0 saturated carbocycles. The number of nitrogens with zero attached hydrogens (tertiary/aromatic N) is 1. The number of hydrogen-bond acceptors (Lipinski definition) is 3. The van der Waals surface area contributed by atoms with Gasteiger partial charge in [-0.2, -0.15) is 0 Å². The maximum atomic E-state index is 13.5. The number of benzene rings is 3. The molecule has 0 saturated heterocycles. The zero-order valence-electron chi connectivity index (χ0n) is 18.1. The molecule has 5 nitrogen and oxygen atoms in total. The topological polar surface area (TPSA) is 54.6 Å². The standard InChI is InChI=1S/C27H20Cl2N2O3/c28-20-8-5-16(13-21(20)29)6-10-25(32)31-12-11-19-18-3-1-2-4-22(18)30-26(19)27(31)17-7-9-23-24(14-17)34-15-33-23/h1-10,13-14,27,30H,11-12,15H2/b10-6+. The molecule has 1 amide bonds. The molecule has 7 heteroatoms. The van der Waals surface area contributed by atoms with Crippen LogP contribution in [0.25, 0.3) is 17.0 Å². The summed E-state index contributed by atoms with van der Waals surface area (Å²) in [7, 11) is 0. The number of hydrogen-bond donors (Lipinski definition) is 1. The first-order chi connectivity index (χ1) is 16.6. The molecule has 1 unspecified atom stereocenters. The molecule has 2 aliphatic rings. The molecule has 1 aromatic heterocycles. The first-order valence-corrected chi connectivity index (χ1v) is 11.8. The number of amides is 1. The Morgan fingerprint density at radius 3 is 2.74 bits per heavy atom. The molecule has 34 heavy (non-hydrogen) atoms. The number of fused-ring (bicyclic) bond motifs is 4. The van der Waals surface area contributed by atoms with E-state index in [0.717, 1.165) is 28.8 Å². The van der Waals surface area contributed by atoms with E-state index in [9.17, 15) is 4.79 Å². The quantitative estimate of drug-likeness (QED) is 0.338. The van der Waals surface area contributed by atoms with Gasteiger partial charge in [0, 0.05) is 29.2 Å². The van der Waals surface area contributed by atoms with Crippen molar-refractivity contribution in [3.8, 4) is 11.5 Å². The minimum atomic E-state index is -0.281. The Labute approximate surface area is 206 Å². The second-order valence-corrected chi connectivity index (χ2v) is 9.18. The number of aromatic nitrogens is 1. The van der Waals surface area contributed by atoms with Gasteiger partial charge in [0.1, 0.15) is 0 Å².